The molecule has 0 aliphatic carbocycles. The molecular weight excluding hydrogens is 1200 g/mol. The largest absolute Gasteiger partial charge is 0.388 e. The molecule has 2 heterocycles. The molecule has 2 aromatic rings. The summed E-state index contributed by atoms with van der Waals surface area (Å²) in [4.78, 5) is 147. The van der Waals surface area contributed by atoms with Crippen molar-refractivity contribution in [2.24, 2.45) is 35.3 Å². The number of methoxy groups -OCH3 is 2. The molecule has 0 bridgehead atoms. The predicted octanol–water partition coefficient (Wildman–Crippen LogP) is 5.18. The molecule has 0 spiro atoms. The topological polar surface area (TPSA) is 329 Å². The van der Waals surface area contributed by atoms with E-state index in [2.05, 4.69) is 37.2 Å². The molecule has 25 heteroatoms. The number of primary amides is 1. The second-order valence-electron chi connectivity index (χ2n) is 25.9. The number of amides is 11. The van der Waals surface area contributed by atoms with Gasteiger partial charge in [0.15, 0.2) is 5.78 Å². The standard InChI is InChI=1S/C47H75N7O7.C22H35N5O6/c1-14-31(6)42(53(11)47(59)40(29(2)3)51-46(58)41(30(4)5)52(9)10)38(60-12)28-39(55)54-26-18-21-37(54)43(61-13)32(7)44(56)50-36(27-33-19-16-15-17-20-33)45(57)49-35-24-22-34(48-8)23-25-35;1-14(2)20(21(32)25-16(15(3)28)8-7-12-24-22(23)33)26-17(29)9-5-4-6-13-27-18(30)10-11-19(27)31/h15-17,19-20,22-25,29-32,36-38,40-43,48H,14,18,21,26-28H2,1-13H3,(H,49,57)(H,50,56)(H,51,58);10-11,14,16,20H,4-9,12-13H2,1-3H3,(H,25,32)(H,26,29)(H3,23,24,33)/t31-,32+,36-,37-,38+,40-,41-,42-,43+;16-,20-/m00/s1. The van der Waals surface area contributed by atoms with Crippen LogP contribution in [0.1, 0.15) is 139 Å². The lowest BCUT2D eigenvalue weighted by molar-refractivity contribution is -0.148. The number of likely N-dealkylation sites (tertiary alicyclic amines) is 1. The van der Waals surface area contributed by atoms with Gasteiger partial charge in [0, 0.05) is 84.3 Å². The highest BCUT2D eigenvalue weighted by Crippen LogP contribution is 2.30. The molecule has 11 atom stereocenters. The number of ketones is 1. The van der Waals surface area contributed by atoms with Crippen molar-refractivity contribution >= 4 is 76.4 Å². The molecule has 94 heavy (non-hydrogen) atoms. The Morgan fingerprint density at radius 2 is 1.30 bits per heavy atom. The highest BCUT2D eigenvalue weighted by atomic mass is 16.5. The zero-order valence-corrected chi connectivity index (χ0v) is 58.5. The molecule has 25 nitrogen and oxygen atoms in total. The van der Waals surface area contributed by atoms with Crippen LogP contribution >= 0.6 is 0 Å². The molecule has 11 amide bonds. The third-order valence-electron chi connectivity index (χ3n) is 17.5. The van der Waals surface area contributed by atoms with Gasteiger partial charge in [-0.25, -0.2) is 4.79 Å². The number of hydrogen-bond acceptors (Lipinski definition) is 15. The Morgan fingerprint density at radius 3 is 1.83 bits per heavy atom. The fourth-order valence-corrected chi connectivity index (χ4v) is 12.0. The van der Waals surface area contributed by atoms with Crippen LogP contribution < -0.4 is 43.0 Å². The number of Topliss-reactive ketones (excluding diaryl/α,β-unsaturated/α-hetero) is 1. The molecule has 1 saturated heterocycles. The van der Waals surface area contributed by atoms with Crippen LogP contribution in [0.25, 0.3) is 0 Å². The third kappa shape index (κ3) is 25.2. The molecular formula is C69H110N12O13. The molecule has 9 N–H and O–H groups in total. The van der Waals surface area contributed by atoms with Crippen LogP contribution in [0.3, 0.4) is 0 Å². The summed E-state index contributed by atoms with van der Waals surface area (Å²) in [6.45, 7) is 19.7. The Kier molecular flexibility index (Phi) is 34.6. The quantitative estimate of drug-likeness (QED) is 0.0317. The summed E-state index contributed by atoms with van der Waals surface area (Å²) in [6, 6.07) is 11.7. The maximum absolute atomic E-state index is 14.4. The summed E-state index contributed by atoms with van der Waals surface area (Å²) in [5.41, 5.74) is 7.40. The summed E-state index contributed by atoms with van der Waals surface area (Å²) in [6.07, 6.45) is 6.28. The van der Waals surface area contributed by atoms with Gasteiger partial charge in [0.1, 0.15) is 18.1 Å². The van der Waals surface area contributed by atoms with Crippen LogP contribution in [-0.4, -0.2) is 201 Å². The Morgan fingerprint density at radius 1 is 0.691 bits per heavy atom. The first-order valence-corrected chi connectivity index (χ1v) is 33.1. The van der Waals surface area contributed by atoms with Gasteiger partial charge in [-0.15, -0.1) is 0 Å². The SMILES string of the molecule is CC(=O)[C@H](CCCNC(N)=O)NC(=O)[C@@H](NC(=O)CCCCCN1C(=O)C=CC1=O)C(C)C.CC[C@H](C)[C@@H]([C@@H](CC(=O)N1CCC[C@H]1[C@H](OC)[C@@H](C)C(=O)N[C@@H](Cc1ccccc1)C(=O)Nc1ccc(NC)cc1)OC)N(C)C(=O)[C@@H](NC(=O)[C@H](C(C)C)N(C)C)C(C)C. The molecule has 2 aliphatic rings. The van der Waals surface area contributed by atoms with Gasteiger partial charge >= 0.3 is 6.03 Å². The number of carbonyl (C=O) groups is 11. The fraction of sp³-hybridized carbons (Fsp3) is 0.638. The van der Waals surface area contributed by atoms with Crippen LogP contribution in [0.4, 0.5) is 16.2 Å². The summed E-state index contributed by atoms with van der Waals surface area (Å²) in [5.74, 6) is -4.04. The number of nitrogens with zero attached hydrogens (tertiary/aromatic N) is 4. The number of likely N-dealkylation sites (N-methyl/N-ethyl adjacent to an activating group) is 2. The Labute approximate surface area is 557 Å². The normalized spacial score (nSPS) is 17.0. The zero-order chi connectivity index (χ0) is 70.5. The lowest BCUT2D eigenvalue weighted by atomic mass is 9.89. The van der Waals surface area contributed by atoms with Crippen LogP contribution in [0.5, 0.6) is 0 Å². The molecule has 4 rings (SSSR count). The average Bonchev–Trinajstić information content (AvgIpc) is 1.47. The second-order valence-corrected chi connectivity index (χ2v) is 25.9. The Bertz CT molecular complexity index is 2810. The third-order valence-corrected chi connectivity index (χ3v) is 17.5. The number of nitrogens with two attached hydrogens (primary N) is 1. The smallest absolute Gasteiger partial charge is 0.312 e. The van der Waals surface area contributed by atoms with E-state index in [1.807, 2.05) is 110 Å². The molecule has 1 fully saturated rings. The molecule has 2 aliphatic heterocycles. The molecule has 524 valence electrons. The summed E-state index contributed by atoms with van der Waals surface area (Å²) in [7, 11) is 10.4. The number of benzene rings is 2. The Balaban J connectivity index is 0.000000588. The van der Waals surface area contributed by atoms with E-state index in [0.717, 1.165) is 29.0 Å². The predicted molar refractivity (Wildman–Crippen MR) is 362 cm³/mol. The number of ether oxygens (including phenoxy) is 2. The average molecular weight is 1320 g/mol. The van der Waals surface area contributed by atoms with Crippen molar-refractivity contribution in [3.05, 3.63) is 72.3 Å². The van der Waals surface area contributed by atoms with Crippen molar-refractivity contribution in [1.29, 1.82) is 0 Å². The van der Waals surface area contributed by atoms with Gasteiger partial charge in [0.25, 0.3) is 11.8 Å². The van der Waals surface area contributed by atoms with Gasteiger partial charge in [-0.2, -0.15) is 0 Å². The first kappa shape index (κ1) is 80.5. The monoisotopic (exact) mass is 1310 g/mol. The number of anilines is 2. The second kappa shape index (κ2) is 40.5. The van der Waals surface area contributed by atoms with Gasteiger partial charge < -0.3 is 62.2 Å². The lowest BCUT2D eigenvalue weighted by Crippen LogP contribution is -2.59. The highest BCUT2D eigenvalue weighted by molar-refractivity contribution is 6.12. The van der Waals surface area contributed by atoms with E-state index in [1.165, 1.54) is 19.1 Å². The molecule has 0 unspecified atom stereocenters. The summed E-state index contributed by atoms with van der Waals surface area (Å²) in [5, 5.41) is 19.9. The van der Waals surface area contributed by atoms with Crippen LogP contribution in [0.15, 0.2) is 66.7 Å². The number of nitrogens with one attached hydrogen (secondary N) is 7. The molecule has 2 aromatic carbocycles. The van der Waals surface area contributed by atoms with E-state index in [4.69, 9.17) is 15.2 Å². The Hall–Kier alpha value is -7.77. The number of carbonyl (C=O) groups excluding carboxylic acids is 11. The number of unbranched alkanes of at least 4 members (excludes halogenated alkanes) is 2. The minimum Gasteiger partial charge on any atom is -0.388 e. The van der Waals surface area contributed by atoms with E-state index in [9.17, 15) is 52.7 Å². The summed E-state index contributed by atoms with van der Waals surface area (Å²) < 4.78 is 12.1. The van der Waals surface area contributed by atoms with E-state index in [1.54, 1.807) is 64.0 Å². The van der Waals surface area contributed by atoms with E-state index in [-0.39, 0.29) is 103 Å². The van der Waals surface area contributed by atoms with Gasteiger partial charge in [-0.1, -0.05) is 105 Å². The maximum atomic E-state index is 14.4. The van der Waals surface area contributed by atoms with E-state index >= 15 is 0 Å². The van der Waals surface area contributed by atoms with E-state index in [0.29, 0.717) is 57.3 Å². The van der Waals surface area contributed by atoms with Crippen molar-refractivity contribution in [3.8, 4) is 0 Å². The van der Waals surface area contributed by atoms with E-state index < -0.39 is 72.4 Å². The van der Waals surface area contributed by atoms with Crippen LogP contribution in [0, 0.1) is 29.6 Å². The van der Waals surface area contributed by atoms with Gasteiger partial charge in [0.05, 0.1) is 48.7 Å². The van der Waals surface area contributed by atoms with Crippen molar-refractivity contribution < 1.29 is 62.2 Å². The number of rotatable bonds is 38. The van der Waals surface area contributed by atoms with Crippen molar-refractivity contribution in [1.82, 2.24) is 46.2 Å². The molecule has 0 saturated carbocycles. The first-order chi connectivity index (χ1) is 44.4. The van der Waals surface area contributed by atoms with Crippen LogP contribution in [0.2, 0.25) is 0 Å². The summed E-state index contributed by atoms with van der Waals surface area (Å²) >= 11 is 0. The van der Waals surface area contributed by atoms with Gasteiger partial charge in [-0.05, 0) is 113 Å². The van der Waals surface area contributed by atoms with Crippen molar-refractivity contribution in [2.75, 3.05) is 72.7 Å². The highest BCUT2D eigenvalue weighted by Gasteiger charge is 2.44. The maximum Gasteiger partial charge on any atom is 0.312 e. The molecule has 0 radical (unpaired) electrons. The van der Waals surface area contributed by atoms with Crippen molar-refractivity contribution in [2.45, 2.75) is 194 Å². The minimum absolute atomic E-state index is 0.0000143. The first-order valence-electron chi connectivity index (χ1n) is 33.1. The number of imide groups is 1. The van der Waals surface area contributed by atoms with Gasteiger partial charge in [-0.3, -0.25) is 57.7 Å². The lowest BCUT2D eigenvalue weighted by Gasteiger charge is -2.41. The van der Waals surface area contributed by atoms with Gasteiger partial charge in [0.2, 0.25) is 41.4 Å². The number of hydrogen-bond donors (Lipinski definition) is 8. The van der Waals surface area contributed by atoms with Crippen LogP contribution in [-0.2, 0) is 63.8 Å². The number of urea groups is 1. The zero-order valence-electron chi connectivity index (χ0n) is 58.5. The van der Waals surface area contributed by atoms with Crippen molar-refractivity contribution in [3.63, 3.8) is 0 Å². The minimum atomic E-state index is -0.881. The molecule has 0 aromatic heterocycles. The fourth-order valence-electron chi connectivity index (χ4n) is 12.0.